The Balaban J connectivity index is 4.21. The standard InChI is InChI=1S/C10H26OSi2/c1-6-12(7-2)11-13(8-3,9-4)10-5/h12H,6-10H2,1-5H3. The van der Waals surface area contributed by atoms with E-state index < -0.39 is 17.4 Å². The van der Waals surface area contributed by atoms with Crippen LogP contribution in [-0.4, -0.2) is 17.4 Å². The average Bonchev–Trinajstić information content (AvgIpc) is 2.21. The second-order valence-corrected chi connectivity index (χ2v) is 12.1. The third-order valence-corrected chi connectivity index (χ3v) is 12.3. The lowest BCUT2D eigenvalue weighted by atomic mass is 10.9. The minimum Gasteiger partial charge on any atom is -0.457 e. The van der Waals surface area contributed by atoms with Crippen molar-refractivity contribution in [3.63, 3.8) is 0 Å². The van der Waals surface area contributed by atoms with Gasteiger partial charge in [-0.15, -0.1) is 0 Å². The van der Waals surface area contributed by atoms with Crippen LogP contribution >= 0.6 is 0 Å². The summed E-state index contributed by atoms with van der Waals surface area (Å²) in [5.74, 6) is 0. The van der Waals surface area contributed by atoms with Crippen LogP contribution in [-0.2, 0) is 4.12 Å². The molecule has 0 aromatic rings. The molecule has 0 heterocycles. The van der Waals surface area contributed by atoms with Crippen molar-refractivity contribution in [3.05, 3.63) is 0 Å². The summed E-state index contributed by atoms with van der Waals surface area (Å²) in [5.41, 5.74) is 0. The Hall–Kier alpha value is 0.394. The first-order valence-electron chi connectivity index (χ1n) is 5.85. The van der Waals surface area contributed by atoms with Crippen LogP contribution in [0.4, 0.5) is 0 Å². The first-order valence-corrected chi connectivity index (χ1v) is 10.5. The van der Waals surface area contributed by atoms with Gasteiger partial charge < -0.3 is 4.12 Å². The molecule has 0 amide bonds. The van der Waals surface area contributed by atoms with Gasteiger partial charge in [0.2, 0.25) is 0 Å². The van der Waals surface area contributed by atoms with Crippen molar-refractivity contribution in [1.82, 2.24) is 0 Å². The van der Waals surface area contributed by atoms with Gasteiger partial charge in [-0.1, -0.05) is 34.6 Å². The molecule has 0 aromatic carbocycles. The molecule has 0 aliphatic heterocycles. The molecule has 0 atom stereocenters. The van der Waals surface area contributed by atoms with Crippen LogP contribution in [0, 0.1) is 0 Å². The zero-order valence-electron chi connectivity index (χ0n) is 10.0. The Morgan fingerprint density at radius 3 is 1.46 bits per heavy atom. The van der Waals surface area contributed by atoms with Crippen LogP contribution in [0.15, 0.2) is 0 Å². The minimum absolute atomic E-state index is 0.808. The molecule has 0 N–H and O–H groups in total. The Kier molecular flexibility index (Phi) is 7.00. The van der Waals surface area contributed by atoms with Gasteiger partial charge in [-0.2, -0.15) is 0 Å². The van der Waals surface area contributed by atoms with E-state index in [1.54, 1.807) is 0 Å². The normalized spacial score (nSPS) is 12.5. The van der Waals surface area contributed by atoms with Crippen molar-refractivity contribution in [2.75, 3.05) is 0 Å². The molecular weight excluding hydrogens is 192 g/mol. The van der Waals surface area contributed by atoms with Crippen molar-refractivity contribution >= 4 is 17.4 Å². The highest BCUT2D eigenvalue weighted by Crippen LogP contribution is 2.24. The number of hydrogen-bond acceptors (Lipinski definition) is 1. The fraction of sp³-hybridized carbons (Fsp3) is 1.00. The topological polar surface area (TPSA) is 9.23 Å². The Labute approximate surface area is 86.7 Å². The molecule has 80 valence electrons. The zero-order chi connectivity index (χ0) is 10.3. The van der Waals surface area contributed by atoms with Gasteiger partial charge in [-0.3, -0.25) is 0 Å². The lowest BCUT2D eigenvalue weighted by Crippen LogP contribution is -2.41. The molecule has 0 rings (SSSR count). The molecular formula is C10H26OSi2. The second kappa shape index (κ2) is 6.79. The summed E-state index contributed by atoms with van der Waals surface area (Å²) < 4.78 is 6.46. The average molecular weight is 218 g/mol. The van der Waals surface area contributed by atoms with Gasteiger partial charge in [-0.05, 0) is 30.2 Å². The largest absolute Gasteiger partial charge is 0.457 e. The third kappa shape index (κ3) is 3.96. The van der Waals surface area contributed by atoms with Crippen molar-refractivity contribution in [2.45, 2.75) is 64.8 Å². The van der Waals surface area contributed by atoms with Crippen LogP contribution < -0.4 is 0 Å². The molecule has 1 nitrogen and oxygen atoms in total. The Bertz CT molecular complexity index is 112. The van der Waals surface area contributed by atoms with Crippen molar-refractivity contribution in [3.8, 4) is 0 Å². The Morgan fingerprint density at radius 2 is 1.23 bits per heavy atom. The molecule has 3 heteroatoms. The lowest BCUT2D eigenvalue weighted by molar-refractivity contribution is 0.541. The molecule has 0 bridgehead atoms. The predicted octanol–water partition coefficient (Wildman–Crippen LogP) is 3.77. The monoisotopic (exact) mass is 218 g/mol. The molecule has 0 unspecified atom stereocenters. The third-order valence-electron chi connectivity index (χ3n) is 3.26. The van der Waals surface area contributed by atoms with Crippen LogP contribution in [0.5, 0.6) is 0 Å². The van der Waals surface area contributed by atoms with E-state index >= 15 is 0 Å². The first kappa shape index (κ1) is 13.4. The van der Waals surface area contributed by atoms with Gasteiger partial charge in [-0.25, -0.2) is 0 Å². The maximum absolute atomic E-state index is 6.46. The van der Waals surface area contributed by atoms with Crippen LogP contribution in [0.2, 0.25) is 30.2 Å². The number of rotatable bonds is 7. The van der Waals surface area contributed by atoms with Crippen molar-refractivity contribution in [1.29, 1.82) is 0 Å². The highest BCUT2D eigenvalue weighted by atomic mass is 28.4. The fourth-order valence-electron chi connectivity index (χ4n) is 1.81. The summed E-state index contributed by atoms with van der Waals surface area (Å²) in [6.45, 7) is 11.5. The molecule has 13 heavy (non-hydrogen) atoms. The molecule has 0 spiro atoms. The van der Waals surface area contributed by atoms with E-state index in [1.165, 1.54) is 30.2 Å². The van der Waals surface area contributed by atoms with Gasteiger partial charge in [0, 0.05) is 0 Å². The maximum atomic E-state index is 6.46. The molecule has 0 fully saturated rings. The molecule has 0 radical (unpaired) electrons. The van der Waals surface area contributed by atoms with E-state index in [-0.39, 0.29) is 0 Å². The van der Waals surface area contributed by atoms with Crippen LogP contribution in [0.1, 0.15) is 34.6 Å². The summed E-state index contributed by atoms with van der Waals surface area (Å²) in [5, 5.41) is 0. The van der Waals surface area contributed by atoms with E-state index in [0.29, 0.717) is 0 Å². The highest BCUT2D eigenvalue weighted by Gasteiger charge is 2.30. The molecule has 0 aromatic heterocycles. The van der Waals surface area contributed by atoms with E-state index in [4.69, 9.17) is 4.12 Å². The summed E-state index contributed by atoms with van der Waals surface area (Å²) in [4.78, 5) is 0. The quantitative estimate of drug-likeness (QED) is 0.591. The van der Waals surface area contributed by atoms with E-state index in [2.05, 4.69) is 34.6 Å². The fourth-order valence-corrected chi connectivity index (χ4v) is 10.0. The maximum Gasteiger partial charge on any atom is 0.178 e. The summed E-state index contributed by atoms with van der Waals surface area (Å²) in [6, 6.07) is 6.55. The van der Waals surface area contributed by atoms with Crippen LogP contribution in [0.25, 0.3) is 0 Å². The molecule has 0 saturated heterocycles. The molecule has 0 aliphatic rings. The van der Waals surface area contributed by atoms with Crippen molar-refractivity contribution in [2.24, 2.45) is 0 Å². The molecule has 0 saturated carbocycles. The SMILES string of the molecule is CC[SiH](CC)O[Si](CC)(CC)CC. The van der Waals surface area contributed by atoms with Gasteiger partial charge in [0.05, 0.1) is 0 Å². The summed E-state index contributed by atoms with van der Waals surface area (Å²) >= 11 is 0. The van der Waals surface area contributed by atoms with Crippen LogP contribution in [0.3, 0.4) is 0 Å². The van der Waals surface area contributed by atoms with Crippen molar-refractivity contribution < 1.29 is 4.12 Å². The second-order valence-electron chi connectivity index (χ2n) is 3.80. The highest BCUT2D eigenvalue weighted by molar-refractivity contribution is 6.80. The zero-order valence-corrected chi connectivity index (χ0v) is 12.2. The Morgan fingerprint density at radius 1 is 0.846 bits per heavy atom. The van der Waals surface area contributed by atoms with Gasteiger partial charge >= 0.3 is 0 Å². The smallest absolute Gasteiger partial charge is 0.178 e. The number of hydrogen-bond donors (Lipinski definition) is 0. The minimum atomic E-state index is -1.26. The lowest BCUT2D eigenvalue weighted by Gasteiger charge is -2.32. The summed E-state index contributed by atoms with van der Waals surface area (Å²) in [6.07, 6.45) is 0. The van der Waals surface area contributed by atoms with Gasteiger partial charge in [0.1, 0.15) is 0 Å². The predicted molar refractivity (Wildman–Crippen MR) is 66.4 cm³/mol. The van der Waals surface area contributed by atoms with E-state index in [0.717, 1.165) is 0 Å². The van der Waals surface area contributed by atoms with E-state index in [1.807, 2.05) is 0 Å². The molecule has 0 aliphatic carbocycles. The van der Waals surface area contributed by atoms with E-state index in [9.17, 15) is 0 Å². The summed E-state index contributed by atoms with van der Waals surface area (Å²) in [7, 11) is -2.07. The van der Waals surface area contributed by atoms with Gasteiger partial charge in [0.15, 0.2) is 17.4 Å². The van der Waals surface area contributed by atoms with Gasteiger partial charge in [0.25, 0.3) is 0 Å². The first-order chi connectivity index (χ1) is 6.17.